The van der Waals surface area contributed by atoms with Gasteiger partial charge in [-0.25, -0.2) is 0 Å². The van der Waals surface area contributed by atoms with E-state index in [9.17, 15) is 18.0 Å². The fourth-order valence-electron chi connectivity index (χ4n) is 2.52. The molecular weight excluding hydrogens is 407 g/mol. The van der Waals surface area contributed by atoms with Crippen LogP contribution in [0.15, 0.2) is 48.5 Å². The molecule has 0 saturated heterocycles. The predicted octanol–water partition coefficient (Wildman–Crippen LogP) is 4.68. The van der Waals surface area contributed by atoms with Gasteiger partial charge in [-0.05, 0) is 30.2 Å². The van der Waals surface area contributed by atoms with Crippen LogP contribution in [0, 0.1) is 0 Å². The molecule has 152 valence electrons. The molecule has 3 rings (SSSR count). The third-order valence-corrected chi connectivity index (χ3v) is 4.45. The molecule has 0 saturated carbocycles. The van der Waals surface area contributed by atoms with E-state index in [4.69, 9.17) is 4.74 Å². The van der Waals surface area contributed by atoms with Gasteiger partial charge in [0, 0.05) is 23.5 Å². The summed E-state index contributed by atoms with van der Waals surface area (Å²) in [5.41, 5.74) is 1.02. The minimum Gasteiger partial charge on any atom is -0.497 e. The molecule has 2 aromatic carbocycles. The van der Waals surface area contributed by atoms with Crippen molar-refractivity contribution in [2.45, 2.75) is 19.2 Å². The number of anilines is 1. The molecule has 1 N–H and O–H groups in total. The van der Waals surface area contributed by atoms with Crippen molar-refractivity contribution in [2.75, 3.05) is 12.4 Å². The molecule has 0 atom stereocenters. The van der Waals surface area contributed by atoms with Gasteiger partial charge in [-0.15, -0.1) is 13.2 Å². The third kappa shape index (κ3) is 5.92. The van der Waals surface area contributed by atoms with Crippen LogP contribution in [-0.2, 0) is 11.2 Å². The molecule has 0 bridgehead atoms. The van der Waals surface area contributed by atoms with E-state index in [0.29, 0.717) is 16.7 Å². The molecule has 0 aliphatic carbocycles. The molecule has 0 spiro atoms. The molecule has 0 aliphatic rings. The SMILES string of the molecule is COc1cccc(-c2nsc(NC(=O)CCc3ccccc3OC(F)(F)F)n2)c1. The van der Waals surface area contributed by atoms with Gasteiger partial charge in [0.15, 0.2) is 5.82 Å². The van der Waals surface area contributed by atoms with Crippen molar-refractivity contribution < 1.29 is 27.4 Å². The summed E-state index contributed by atoms with van der Waals surface area (Å²) in [6.07, 6.45) is -4.74. The Balaban J connectivity index is 1.60. The maximum absolute atomic E-state index is 12.5. The third-order valence-electron chi connectivity index (χ3n) is 3.82. The number of para-hydroxylation sites is 1. The molecule has 0 fully saturated rings. The van der Waals surface area contributed by atoms with Gasteiger partial charge < -0.3 is 14.8 Å². The summed E-state index contributed by atoms with van der Waals surface area (Å²) in [4.78, 5) is 16.4. The first-order valence-electron chi connectivity index (χ1n) is 8.46. The number of alkyl halides is 3. The molecule has 0 unspecified atom stereocenters. The van der Waals surface area contributed by atoms with Gasteiger partial charge >= 0.3 is 6.36 Å². The number of nitrogens with zero attached hydrogens (tertiary/aromatic N) is 2. The molecule has 0 radical (unpaired) electrons. The average Bonchev–Trinajstić information content (AvgIpc) is 3.14. The standard InChI is InChI=1S/C19H16F3N3O3S/c1-27-14-7-4-6-13(11-14)17-24-18(29-25-17)23-16(26)10-9-12-5-2-3-8-15(12)28-19(20,21)22/h2-8,11H,9-10H2,1H3,(H,23,24,25,26). The summed E-state index contributed by atoms with van der Waals surface area (Å²) in [7, 11) is 1.55. The van der Waals surface area contributed by atoms with Gasteiger partial charge in [0.25, 0.3) is 0 Å². The quantitative estimate of drug-likeness (QED) is 0.597. The maximum atomic E-state index is 12.5. The number of benzene rings is 2. The van der Waals surface area contributed by atoms with Crippen molar-refractivity contribution in [2.24, 2.45) is 0 Å². The number of hydrogen-bond donors (Lipinski definition) is 1. The van der Waals surface area contributed by atoms with Crippen LogP contribution in [0.4, 0.5) is 18.3 Å². The van der Waals surface area contributed by atoms with Gasteiger partial charge in [-0.3, -0.25) is 4.79 Å². The van der Waals surface area contributed by atoms with Gasteiger partial charge in [0.05, 0.1) is 7.11 Å². The van der Waals surface area contributed by atoms with E-state index in [2.05, 4.69) is 19.4 Å². The van der Waals surface area contributed by atoms with E-state index < -0.39 is 6.36 Å². The van der Waals surface area contributed by atoms with E-state index in [1.54, 1.807) is 31.4 Å². The number of methoxy groups -OCH3 is 1. The van der Waals surface area contributed by atoms with Crippen LogP contribution < -0.4 is 14.8 Å². The van der Waals surface area contributed by atoms with E-state index in [1.807, 2.05) is 6.07 Å². The van der Waals surface area contributed by atoms with Crippen molar-refractivity contribution in [3.05, 3.63) is 54.1 Å². The number of ether oxygens (including phenoxy) is 2. The Morgan fingerprint density at radius 3 is 2.72 bits per heavy atom. The summed E-state index contributed by atoms with van der Waals surface area (Å²) >= 11 is 1.01. The molecule has 10 heteroatoms. The van der Waals surface area contributed by atoms with Gasteiger partial charge in [-0.2, -0.15) is 9.36 Å². The number of carbonyl (C=O) groups excluding carboxylic acids is 1. The number of carbonyl (C=O) groups is 1. The fraction of sp³-hybridized carbons (Fsp3) is 0.211. The minimum atomic E-state index is -4.79. The Morgan fingerprint density at radius 1 is 1.17 bits per heavy atom. The molecule has 1 heterocycles. The molecule has 29 heavy (non-hydrogen) atoms. The van der Waals surface area contributed by atoms with Crippen LogP contribution in [0.2, 0.25) is 0 Å². The molecule has 3 aromatic rings. The lowest BCUT2D eigenvalue weighted by Gasteiger charge is -2.12. The number of rotatable bonds is 7. The molecule has 6 nitrogen and oxygen atoms in total. The van der Waals surface area contributed by atoms with E-state index in [0.717, 1.165) is 17.1 Å². The highest BCUT2D eigenvalue weighted by atomic mass is 32.1. The van der Waals surface area contributed by atoms with Crippen molar-refractivity contribution >= 4 is 22.6 Å². The number of aryl methyl sites for hydroxylation is 1. The molecule has 1 aromatic heterocycles. The topological polar surface area (TPSA) is 73.3 Å². The Kier molecular flexibility index (Phi) is 6.32. The fourth-order valence-corrected chi connectivity index (χ4v) is 3.12. The molecule has 0 aliphatic heterocycles. The minimum absolute atomic E-state index is 0.0354. The summed E-state index contributed by atoms with van der Waals surface area (Å²) < 4.78 is 50.8. The first kappa shape index (κ1) is 20.6. The molecular formula is C19H16F3N3O3S. The Labute approximate surface area is 168 Å². The molecule has 1 amide bonds. The summed E-state index contributed by atoms with van der Waals surface area (Å²) in [5.74, 6) is 0.389. The van der Waals surface area contributed by atoms with Crippen molar-refractivity contribution in [1.82, 2.24) is 9.36 Å². The lowest BCUT2D eigenvalue weighted by atomic mass is 10.1. The summed E-state index contributed by atoms with van der Waals surface area (Å²) in [6, 6.07) is 12.9. The smallest absolute Gasteiger partial charge is 0.497 e. The van der Waals surface area contributed by atoms with Gasteiger partial charge in [0.1, 0.15) is 11.5 Å². The Morgan fingerprint density at radius 2 is 1.97 bits per heavy atom. The van der Waals surface area contributed by atoms with Crippen LogP contribution >= 0.6 is 11.5 Å². The van der Waals surface area contributed by atoms with Crippen LogP contribution in [0.25, 0.3) is 11.4 Å². The second-order valence-corrected chi connectivity index (χ2v) is 6.61. The highest BCUT2D eigenvalue weighted by Crippen LogP contribution is 2.27. The lowest BCUT2D eigenvalue weighted by Crippen LogP contribution is -2.18. The summed E-state index contributed by atoms with van der Waals surface area (Å²) in [5, 5.41) is 2.91. The zero-order chi connectivity index (χ0) is 20.9. The number of hydrogen-bond acceptors (Lipinski definition) is 6. The zero-order valence-electron chi connectivity index (χ0n) is 15.2. The van der Waals surface area contributed by atoms with E-state index in [1.165, 1.54) is 18.2 Å². The average molecular weight is 423 g/mol. The normalized spacial score (nSPS) is 11.2. The van der Waals surface area contributed by atoms with Crippen molar-refractivity contribution in [3.63, 3.8) is 0 Å². The first-order chi connectivity index (χ1) is 13.8. The number of aromatic nitrogens is 2. The number of nitrogens with one attached hydrogen (secondary N) is 1. The van der Waals surface area contributed by atoms with Crippen LogP contribution in [0.3, 0.4) is 0 Å². The van der Waals surface area contributed by atoms with Crippen LogP contribution in [0.1, 0.15) is 12.0 Å². The Hall–Kier alpha value is -3.14. The lowest BCUT2D eigenvalue weighted by molar-refractivity contribution is -0.274. The van der Waals surface area contributed by atoms with Crippen LogP contribution in [-0.4, -0.2) is 28.7 Å². The van der Waals surface area contributed by atoms with E-state index in [-0.39, 0.29) is 30.1 Å². The number of amides is 1. The van der Waals surface area contributed by atoms with E-state index >= 15 is 0 Å². The summed E-state index contributed by atoms with van der Waals surface area (Å²) in [6.45, 7) is 0. The second kappa shape index (κ2) is 8.91. The predicted molar refractivity (Wildman–Crippen MR) is 102 cm³/mol. The maximum Gasteiger partial charge on any atom is 0.573 e. The highest BCUT2D eigenvalue weighted by Gasteiger charge is 2.32. The van der Waals surface area contributed by atoms with Crippen molar-refractivity contribution in [1.29, 1.82) is 0 Å². The van der Waals surface area contributed by atoms with Crippen molar-refractivity contribution in [3.8, 4) is 22.9 Å². The first-order valence-corrected chi connectivity index (χ1v) is 9.23. The monoisotopic (exact) mass is 423 g/mol. The highest BCUT2D eigenvalue weighted by molar-refractivity contribution is 7.10. The largest absolute Gasteiger partial charge is 0.573 e. The second-order valence-electron chi connectivity index (χ2n) is 5.86. The zero-order valence-corrected chi connectivity index (χ0v) is 16.0. The van der Waals surface area contributed by atoms with Gasteiger partial charge in [0.2, 0.25) is 11.0 Å². The van der Waals surface area contributed by atoms with Crippen LogP contribution in [0.5, 0.6) is 11.5 Å². The number of halogens is 3. The Bertz CT molecular complexity index is 992. The van der Waals surface area contributed by atoms with Gasteiger partial charge in [-0.1, -0.05) is 30.3 Å².